The Hall–Kier alpha value is -1.57. The number of carbonyl (C=O) groups is 1. The van der Waals surface area contributed by atoms with E-state index >= 15 is 0 Å². The third-order valence-electron chi connectivity index (χ3n) is 2.37. The molecule has 92 valence electrons. The van der Waals surface area contributed by atoms with Gasteiger partial charge in [-0.25, -0.2) is 0 Å². The molecule has 2 nitrogen and oxygen atoms in total. The molecule has 0 aliphatic heterocycles. The van der Waals surface area contributed by atoms with E-state index in [-0.39, 0.29) is 11.3 Å². The Bertz CT molecular complexity index is 439. The Balaban J connectivity index is 2.72. The van der Waals surface area contributed by atoms with Crippen molar-refractivity contribution in [1.82, 2.24) is 0 Å². The molecule has 0 aromatic heterocycles. The monoisotopic (exact) mass is 231 g/mol. The Morgan fingerprint density at radius 2 is 1.88 bits per heavy atom. The first-order valence-corrected chi connectivity index (χ1v) is 5.85. The summed E-state index contributed by atoms with van der Waals surface area (Å²) in [6.45, 7) is 10.2. The van der Waals surface area contributed by atoms with Crippen molar-refractivity contribution in [3.8, 4) is 0 Å². The molecule has 0 radical (unpaired) electrons. The molecular weight excluding hydrogens is 210 g/mol. The summed E-state index contributed by atoms with van der Waals surface area (Å²) in [6.07, 6.45) is 3.51. The standard InChI is InChI=1S/C15H21NO/c1-11-6-7-13(12(2)10-11)16-14(17)8-9-15(3,4)5/h6-10H,1-5H3,(H,16,17)/b9-8+. The number of amides is 1. The maximum Gasteiger partial charge on any atom is 0.248 e. The lowest BCUT2D eigenvalue weighted by molar-refractivity contribution is -0.112. The molecule has 0 unspecified atom stereocenters. The molecule has 17 heavy (non-hydrogen) atoms. The maximum atomic E-state index is 11.7. The van der Waals surface area contributed by atoms with Crippen LogP contribution in [0, 0.1) is 19.3 Å². The van der Waals surface area contributed by atoms with Gasteiger partial charge in [0, 0.05) is 5.69 Å². The van der Waals surface area contributed by atoms with Gasteiger partial charge in [0.25, 0.3) is 0 Å². The summed E-state index contributed by atoms with van der Waals surface area (Å²) in [7, 11) is 0. The summed E-state index contributed by atoms with van der Waals surface area (Å²) in [5.74, 6) is -0.0770. The summed E-state index contributed by atoms with van der Waals surface area (Å²) < 4.78 is 0. The lowest BCUT2D eigenvalue weighted by Crippen LogP contribution is -2.10. The van der Waals surface area contributed by atoms with Crippen LogP contribution in [0.2, 0.25) is 0 Å². The van der Waals surface area contributed by atoms with E-state index in [1.54, 1.807) is 6.08 Å². The van der Waals surface area contributed by atoms with E-state index < -0.39 is 0 Å². The number of rotatable bonds is 2. The van der Waals surface area contributed by atoms with Crippen LogP contribution in [0.15, 0.2) is 30.4 Å². The Morgan fingerprint density at radius 1 is 1.24 bits per heavy atom. The molecule has 0 bridgehead atoms. The van der Waals surface area contributed by atoms with E-state index in [2.05, 4.69) is 32.2 Å². The van der Waals surface area contributed by atoms with Crippen LogP contribution in [0.4, 0.5) is 5.69 Å². The second-order valence-electron chi connectivity index (χ2n) is 5.51. The molecule has 0 saturated heterocycles. The van der Waals surface area contributed by atoms with E-state index in [1.807, 2.05) is 32.1 Å². The van der Waals surface area contributed by atoms with E-state index in [9.17, 15) is 4.79 Å². The third kappa shape index (κ3) is 4.85. The highest BCUT2D eigenvalue weighted by atomic mass is 16.1. The van der Waals surface area contributed by atoms with E-state index in [0.29, 0.717) is 0 Å². The Morgan fingerprint density at radius 3 is 2.41 bits per heavy atom. The Kier molecular flexibility index (Phi) is 4.11. The van der Waals surface area contributed by atoms with Gasteiger partial charge in [-0.15, -0.1) is 0 Å². The minimum Gasteiger partial charge on any atom is -0.322 e. The summed E-state index contributed by atoms with van der Waals surface area (Å²) in [4.78, 5) is 11.7. The number of nitrogens with one attached hydrogen (secondary N) is 1. The molecule has 1 aromatic carbocycles. The van der Waals surface area contributed by atoms with Crippen LogP contribution in [0.3, 0.4) is 0 Å². The fourth-order valence-electron chi connectivity index (χ4n) is 1.45. The molecule has 0 saturated carbocycles. The average molecular weight is 231 g/mol. The third-order valence-corrected chi connectivity index (χ3v) is 2.37. The van der Waals surface area contributed by atoms with Crippen molar-refractivity contribution in [3.63, 3.8) is 0 Å². The van der Waals surface area contributed by atoms with Crippen molar-refractivity contribution in [2.45, 2.75) is 34.6 Å². The molecule has 1 amide bonds. The summed E-state index contributed by atoms with van der Waals surface area (Å²) in [5.41, 5.74) is 3.19. The summed E-state index contributed by atoms with van der Waals surface area (Å²) >= 11 is 0. The first-order chi connectivity index (χ1) is 7.78. The van der Waals surface area contributed by atoms with Gasteiger partial charge in [0.15, 0.2) is 0 Å². The minimum absolute atomic E-state index is 0.0274. The van der Waals surface area contributed by atoms with Crippen molar-refractivity contribution in [3.05, 3.63) is 41.5 Å². The number of hydrogen-bond acceptors (Lipinski definition) is 1. The van der Waals surface area contributed by atoms with Crippen LogP contribution in [-0.4, -0.2) is 5.91 Å². The van der Waals surface area contributed by atoms with Crippen molar-refractivity contribution < 1.29 is 4.79 Å². The van der Waals surface area contributed by atoms with Crippen molar-refractivity contribution in [2.75, 3.05) is 5.32 Å². The first-order valence-electron chi connectivity index (χ1n) is 5.85. The summed E-state index contributed by atoms with van der Waals surface area (Å²) in [5, 5.41) is 2.88. The van der Waals surface area contributed by atoms with Gasteiger partial charge < -0.3 is 5.32 Å². The quantitative estimate of drug-likeness (QED) is 0.770. The number of aryl methyl sites for hydroxylation is 2. The zero-order chi connectivity index (χ0) is 13.1. The second kappa shape index (κ2) is 5.17. The van der Waals surface area contributed by atoms with Crippen LogP contribution in [-0.2, 0) is 4.79 Å². The van der Waals surface area contributed by atoms with Crippen LogP contribution in [0.5, 0.6) is 0 Å². The van der Waals surface area contributed by atoms with Gasteiger partial charge in [-0.3, -0.25) is 4.79 Å². The number of hydrogen-bond donors (Lipinski definition) is 1. The van der Waals surface area contributed by atoms with Crippen LogP contribution in [0.25, 0.3) is 0 Å². The van der Waals surface area contributed by atoms with Crippen molar-refractivity contribution in [2.24, 2.45) is 5.41 Å². The zero-order valence-electron chi connectivity index (χ0n) is 11.3. The maximum absolute atomic E-state index is 11.7. The van der Waals surface area contributed by atoms with Gasteiger partial charge in [0.05, 0.1) is 0 Å². The number of anilines is 1. The molecule has 1 aromatic rings. The largest absolute Gasteiger partial charge is 0.322 e. The Labute approximate surface area is 104 Å². The second-order valence-corrected chi connectivity index (χ2v) is 5.51. The molecule has 0 aliphatic rings. The smallest absolute Gasteiger partial charge is 0.248 e. The van der Waals surface area contributed by atoms with E-state index in [0.717, 1.165) is 11.3 Å². The SMILES string of the molecule is Cc1ccc(NC(=O)/C=C/C(C)(C)C)c(C)c1. The molecule has 0 aliphatic carbocycles. The van der Waals surface area contributed by atoms with Gasteiger partial charge in [-0.05, 0) is 37.0 Å². The van der Waals surface area contributed by atoms with Crippen molar-refractivity contribution >= 4 is 11.6 Å². The predicted molar refractivity (Wildman–Crippen MR) is 73.1 cm³/mol. The van der Waals surface area contributed by atoms with Crippen LogP contribution >= 0.6 is 0 Å². The molecular formula is C15H21NO. The molecule has 0 spiro atoms. The first kappa shape index (κ1) is 13.5. The van der Waals surface area contributed by atoms with Gasteiger partial charge in [-0.1, -0.05) is 44.5 Å². The predicted octanol–water partition coefficient (Wildman–Crippen LogP) is 3.84. The van der Waals surface area contributed by atoms with E-state index in [4.69, 9.17) is 0 Å². The van der Waals surface area contributed by atoms with Crippen LogP contribution < -0.4 is 5.32 Å². The minimum atomic E-state index is -0.0770. The molecule has 1 N–H and O–H groups in total. The molecule has 0 fully saturated rings. The van der Waals surface area contributed by atoms with Gasteiger partial charge in [0.2, 0.25) is 5.91 Å². The topological polar surface area (TPSA) is 29.1 Å². The average Bonchev–Trinajstić information content (AvgIpc) is 2.18. The zero-order valence-corrected chi connectivity index (χ0v) is 11.3. The van der Waals surface area contributed by atoms with Crippen LogP contribution in [0.1, 0.15) is 31.9 Å². The van der Waals surface area contributed by atoms with Crippen molar-refractivity contribution in [1.29, 1.82) is 0 Å². The molecule has 1 rings (SSSR count). The number of allylic oxidation sites excluding steroid dienone is 1. The lowest BCUT2D eigenvalue weighted by atomic mass is 9.96. The molecule has 2 heteroatoms. The number of benzene rings is 1. The number of carbonyl (C=O) groups excluding carboxylic acids is 1. The van der Waals surface area contributed by atoms with E-state index in [1.165, 1.54) is 5.56 Å². The van der Waals surface area contributed by atoms with Gasteiger partial charge >= 0.3 is 0 Å². The normalized spacial score (nSPS) is 11.8. The fraction of sp³-hybridized carbons (Fsp3) is 0.400. The molecule has 0 atom stereocenters. The highest BCUT2D eigenvalue weighted by Gasteiger charge is 2.06. The highest BCUT2D eigenvalue weighted by Crippen LogP contribution is 2.17. The molecule has 0 heterocycles. The van der Waals surface area contributed by atoms with Gasteiger partial charge in [0.1, 0.15) is 0 Å². The highest BCUT2D eigenvalue weighted by molar-refractivity contribution is 5.99. The van der Waals surface area contributed by atoms with Gasteiger partial charge in [-0.2, -0.15) is 0 Å². The lowest BCUT2D eigenvalue weighted by Gasteiger charge is -2.11. The fourth-order valence-corrected chi connectivity index (χ4v) is 1.45. The summed E-state index contributed by atoms with van der Waals surface area (Å²) in [6, 6.07) is 5.99.